The quantitative estimate of drug-likeness (QED) is 0.689. The molecule has 0 heterocycles. The predicted octanol–water partition coefficient (Wildman–Crippen LogP) is 4.23. The molecule has 104 valence electrons. The molecule has 0 saturated heterocycles. The molecule has 0 aromatic rings. The van der Waals surface area contributed by atoms with Crippen molar-refractivity contribution in [2.24, 2.45) is 23.7 Å². The van der Waals surface area contributed by atoms with Gasteiger partial charge in [-0.3, -0.25) is 0 Å². The Morgan fingerprint density at radius 1 is 0.842 bits per heavy atom. The molecule has 4 aliphatic rings. The molecule has 1 N–H and O–H groups in total. The first kappa shape index (κ1) is 12.2. The summed E-state index contributed by atoms with van der Waals surface area (Å²) in [5, 5.41) is 9.90. The highest BCUT2D eigenvalue weighted by molar-refractivity contribution is 5.33. The predicted molar refractivity (Wildman–Crippen MR) is 77.7 cm³/mol. The molecule has 0 radical (unpaired) electrons. The maximum absolute atomic E-state index is 9.90. The van der Waals surface area contributed by atoms with Gasteiger partial charge in [0, 0.05) is 0 Å². The molecule has 1 nitrogen and oxygen atoms in total. The summed E-state index contributed by atoms with van der Waals surface area (Å²) < 4.78 is 0. The Bertz CT molecular complexity index is 419. The summed E-state index contributed by atoms with van der Waals surface area (Å²) in [6.45, 7) is 0. The van der Waals surface area contributed by atoms with Gasteiger partial charge in [-0.2, -0.15) is 0 Å². The monoisotopic (exact) mass is 258 g/mol. The van der Waals surface area contributed by atoms with Crippen LogP contribution in [0.2, 0.25) is 0 Å². The maximum atomic E-state index is 9.90. The van der Waals surface area contributed by atoms with E-state index >= 15 is 0 Å². The summed E-state index contributed by atoms with van der Waals surface area (Å²) in [7, 11) is 0. The average Bonchev–Trinajstić information content (AvgIpc) is 2.46. The van der Waals surface area contributed by atoms with Crippen LogP contribution in [-0.2, 0) is 0 Å². The molecule has 4 rings (SSSR count). The number of fused-ring (bicyclic) bond motifs is 5. The minimum absolute atomic E-state index is 0.0113. The lowest BCUT2D eigenvalue weighted by Gasteiger charge is -2.48. The molecular weight excluding hydrogens is 232 g/mol. The van der Waals surface area contributed by atoms with Crippen LogP contribution < -0.4 is 0 Å². The van der Waals surface area contributed by atoms with E-state index in [1.165, 1.54) is 44.9 Å². The molecule has 5 atom stereocenters. The van der Waals surface area contributed by atoms with Crippen molar-refractivity contribution in [1.82, 2.24) is 0 Å². The molecule has 0 amide bonds. The second kappa shape index (κ2) is 4.77. The zero-order valence-corrected chi connectivity index (χ0v) is 11.9. The van der Waals surface area contributed by atoms with E-state index in [0.29, 0.717) is 0 Å². The van der Waals surface area contributed by atoms with E-state index in [1.54, 1.807) is 11.1 Å². The van der Waals surface area contributed by atoms with E-state index in [-0.39, 0.29) is 6.10 Å². The second-order valence-electron chi connectivity index (χ2n) is 7.28. The summed E-state index contributed by atoms with van der Waals surface area (Å²) in [5.41, 5.74) is 3.54. The zero-order chi connectivity index (χ0) is 12.8. The Morgan fingerprint density at radius 3 is 2.68 bits per heavy atom. The van der Waals surface area contributed by atoms with Crippen molar-refractivity contribution in [1.29, 1.82) is 0 Å². The van der Waals surface area contributed by atoms with Gasteiger partial charge in [-0.05, 0) is 75.0 Å². The van der Waals surface area contributed by atoms with Crippen LogP contribution in [0, 0.1) is 23.7 Å². The Hall–Kier alpha value is -0.560. The largest absolute Gasteiger partial charge is 0.393 e. The molecule has 0 bridgehead atoms. The lowest BCUT2D eigenvalue weighted by molar-refractivity contribution is 0.0541. The topological polar surface area (TPSA) is 20.2 Å². The van der Waals surface area contributed by atoms with E-state index < -0.39 is 0 Å². The van der Waals surface area contributed by atoms with Crippen molar-refractivity contribution < 1.29 is 5.11 Å². The highest BCUT2D eigenvalue weighted by Gasteiger charge is 2.42. The van der Waals surface area contributed by atoms with Crippen LogP contribution in [0.4, 0.5) is 0 Å². The summed E-state index contributed by atoms with van der Waals surface area (Å²) in [5.74, 6) is 3.35. The SMILES string of the molecule is OC1CCC2C3=CC=C4CCCCC4C3CCC2C1. The molecule has 3 saturated carbocycles. The average molecular weight is 258 g/mol. The van der Waals surface area contributed by atoms with Crippen molar-refractivity contribution in [3.8, 4) is 0 Å². The third-order valence-electron chi connectivity index (χ3n) is 6.34. The minimum Gasteiger partial charge on any atom is -0.393 e. The first-order valence-corrected chi connectivity index (χ1v) is 8.41. The number of hydrogen-bond donors (Lipinski definition) is 1. The van der Waals surface area contributed by atoms with Gasteiger partial charge in [0.15, 0.2) is 0 Å². The molecular formula is C18H26O. The van der Waals surface area contributed by atoms with Crippen LogP contribution in [0.1, 0.15) is 57.8 Å². The van der Waals surface area contributed by atoms with E-state index in [0.717, 1.165) is 36.5 Å². The molecule has 0 aliphatic heterocycles. The second-order valence-corrected chi connectivity index (χ2v) is 7.28. The normalized spacial score (nSPS) is 45.4. The van der Waals surface area contributed by atoms with Crippen molar-refractivity contribution in [3.63, 3.8) is 0 Å². The van der Waals surface area contributed by atoms with Crippen LogP contribution in [0.25, 0.3) is 0 Å². The van der Waals surface area contributed by atoms with Crippen LogP contribution in [0.5, 0.6) is 0 Å². The van der Waals surface area contributed by atoms with Gasteiger partial charge in [-0.15, -0.1) is 0 Å². The molecule has 19 heavy (non-hydrogen) atoms. The van der Waals surface area contributed by atoms with Crippen LogP contribution in [-0.4, -0.2) is 11.2 Å². The van der Waals surface area contributed by atoms with E-state index in [4.69, 9.17) is 0 Å². The molecule has 0 aromatic heterocycles. The van der Waals surface area contributed by atoms with Crippen molar-refractivity contribution in [3.05, 3.63) is 23.3 Å². The third-order valence-corrected chi connectivity index (χ3v) is 6.34. The van der Waals surface area contributed by atoms with Gasteiger partial charge in [0.1, 0.15) is 0 Å². The fourth-order valence-corrected chi connectivity index (χ4v) is 5.45. The molecule has 1 heteroatoms. The summed E-state index contributed by atoms with van der Waals surface area (Å²) in [6, 6.07) is 0. The van der Waals surface area contributed by atoms with Gasteiger partial charge in [0.05, 0.1) is 6.10 Å². The fraction of sp³-hybridized carbons (Fsp3) is 0.778. The Labute approximate surface area is 116 Å². The molecule has 0 spiro atoms. The lowest BCUT2D eigenvalue weighted by atomic mass is 9.58. The van der Waals surface area contributed by atoms with Crippen LogP contribution in [0.15, 0.2) is 23.3 Å². The highest BCUT2D eigenvalue weighted by Crippen LogP contribution is 2.53. The van der Waals surface area contributed by atoms with Crippen molar-refractivity contribution >= 4 is 0 Å². The van der Waals surface area contributed by atoms with Gasteiger partial charge in [-0.1, -0.05) is 29.7 Å². The maximum Gasteiger partial charge on any atom is 0.0543 e. The Morgan fingerprint density at radius 2 is 1.74 bits per heavy atom. The fourth-order valence-electron chi connectivity index (χ4n) is 5.45. The van der Waals surface area contributed by atoms with E-state index in [1.807, 2.05) is 0 Å². The summed E-state index contributed by atoms with van der Waals surface area (Å²) in [6.07, 6.45) is 16.7. The number of aliphatic hydroxyl groups is 1. The highest BCUT2D eigenvalue weighted by atomic mass is 16.3. The molecule has 5 unspecified atom stereocenters. The summed E-state index contributed by atoms with van der Waals surface area (Å²) >= 11 is 0. The van der Waals surface area contributed by atoms with Gasteiger partial charge in [-0.25, -0.2) is 0 Å². The molecule has 4 aliphatic carbocycles. The van der Waals surface area contributed by atoms with Crippen LogP contribution in [0.3, 0.4) is 0 Å². The Balaban J connectivity index is 1.62. The van der Waals surface area contributed by atoms with E-state index in [2.05, 4.69) is 12.2 Å². The van der Waals surface area contributed by atoms with Gasteiger partial charge in [0.2, 0.25) is 0 Å². The smallest absolute Gasteiger partial charge is 0.0543 e. The number of rotatable bonds is 0. The standard InChI is InChI=1S/C18H26O/c19-14-7-10-16-13(11-14)6-9-17-15-4-2-1-3-12(15)5-8-18(16)17/h5,8,13-17,19H,1-4,6-7,9-11H2. The third kappa shape index (κ3) is 2.01. The summed E-state index contributed by atoms with van der Waals surface area (Å²) in [4.78, 5) is 0. The first-order valence-electron chi connectivity index (χ1n) is 8.41. The first-order chi connectivity index (χ1) is 9.33. The van der Waals surface area contributed by atoms with Crippen molar-refractivity contribution in [2.75, 3.05) is 0 Å². The number of allylic oxidation sites excluding steroid dienone is 4. The molecule has 0 aromatic carbocycles. The number of hydrogen-bond acceptors (Lipinski definition) is 1. The van der Waals surface area contributed by atoms with Gasteiger partial charge >= 0.3 is 0 Å². The van der Waals surface area contributed by atoms with Gasteiger partial charge in [0.25, 0.3) is 0 Å². The Kier molecular flexibility index (Phi) is 3.06. The molecule has 3 fully saturated rings. The lowest BCUT2D eigenvalue weighted by Crippen LogP contribution is -2.38. The minimum atomic E-state index is -0.0113. The zero-order valence-electron chi connectivity index (χ0n) is 11.9. The van der Waals surface area contributed by atoms with Gasteiger partial charge < -0.3 is 5.11 Å². The van der Waals surface area contributed by atoms with E-state index in [9.17, 15) is 5.11 Å². The van der Waals surface area contributed by atoms with Crippen LogP contribution >= 0.6 is 0 Å². The van der Waals surface area contributed by atoms with Crippen molar-refractivity contribution in [2.45, 2.75) is 63.9 Å². The number of aliphatic hydroxyl groups excluding tert-OH is 1.